The Kier molecular flexibility index (Phi) is 2.45. The van der Waals surface area contributed by atoms with Crippen LogP contribution >= 0.6 is 0 Å². The number of nitrogens with zero attached hydrogens (tertiary/aromatic N) is 1. The molecular weight excluding hydrogens is 116 g/mol. The summed E-state index contributed by atoms with van der Waals surface area (Å²) in [5.74, 6) is 0. The first-order chi connectivity index (χ1) is 4.33. The maximum absolute atomic E-state index is 8.53. The summed E-state index contributed by atoms with van der Waals surface area (Å²) in [7, 11) is 0. The minimum absolute atomic E-state index is 0.257. The van der Waals surface area contributed by atoms with E-state index in [0.29, 0.717) is 6.04 Å². The molecule has 0 bridgehead atoms. The van der Waals surface area contributed by atoms with Gasteiger partial charge in [0.2, 0.25) is 0 Å². The maximum Gasteiger partial charge on any atom is 0.0558 e. The maximum atomic E-state index is 8.53. The Balaban J connectivity index is 2.14. The van der Waals surface area contributed by atoms with Crippen LogP contribution in [0.3, 0.4) is 0 Å². The molecule has 9 heavy (non-hydrogen) atoms. The molecule has 1 aliphatic heterocycles. The van der Waals surface area contributed by atoms with Crippen LogP contribution in [0, 0.1) is 0 Å². The van der Waals surface area contributed by atoms with Gasteiger partial charge >= 0.3 is 0 Å². The van der Waals surface area contributed by atoms with Crippen LogP contribution in [0.4, 0.5) is 0 Å². The van der Waals surface area contributed by atoms with Crippen molar-refractivity contribution in [3.8, 4) is 0 Å². The van der Waals surface area contributed by atoms with E-state index < -0.39 is 0 Å². The summed E-state index contributed by atoms with van der Waals surface area (Å²) in [5.41, 5.74) is 5.63. The van der Waals surface area contributed by atoms with E-state index in [1.165, 1.54) is 0 Å². The van der Waals surface area contributed by atoms with Crippen molar-refractivity contribution < 1.29 is 5.11 Å². The molecule has 1 aliphatic rings. The summed E-state index contributed by atoms with van der Waals surface area (Å²) in [6.45, 7) is 3.06. The van der Waals surface area contributed by atoms with E-state index in [0.717, 1.165) is 26.1 Å². The van der Waals surface area contributed by atoms with Crippen molar-refractivity contribution in [2.75, 3.05) is 26.2 Å². The molecule has 54 valence electrons. The zero-order chi connectivity index (χ0) is 6.69. The summed E-state index contributed by atoms with van der Waals surface area (Å²) in [6.07, 6.45) is 1.08. The van der Waals surface area contributed by atoms with Gasteiger partial charge in [-0.3, -0.25) is 4.90 Å². The second-order valence-corrected chi connectivity index (χ2v) is 2.57. The van der Waals surface area contributed by atoms with E-state index >= 15 is 0 Å². The van der Waals surface area contributed by atoms with Crippen molar-refractivity contribution in [2.45, 2.75) is 12.5 Å². The van der Waals surface area contributed by atoms with Gasteiger partial charge < -0.3 is 10.8 Å². The molecule has 3 nitrogen and oxygen atoms in total. The first-order valence-electron chi connectivity index (χ1n) is 3.41. The summed E-state index contributed by atoms with van der Waals surface area (Å²) >= 11 is 0. The van der Waals surface area contributed by atoms with E-state index in [2.05, 4.69) is 4.90 Å². The minimum Gasteiger partial charge on any atom is -0.395 e. The van der Waals surface area contributed by atoms with E-state index in [9.17, 15) is 0 Å². The van der Waals surface area contributed by atoms with Gasteiger partial charge in [0.05, 0.1) is 6.61 Å². The average Bonchev–Trinajstić information content (AvgIpc) is 2.17. The molecule has 0 amide bonds. The lowest BCUT2D eigenvalue weighted by Gasteiger charge is -2.11. The number of likely N-dealkylation sites (tertiary alicyclic amines) is 1. The van der Waals surface area contributed by atoms with Crippen LogP contribution in [0.15, 0.2) is 0 Å². The van der Waals surface area contributed by atoms with Crippen molar-refractivity contribution in [1.82, 2.24) is 4.90 Å². The van der Waals surface area contributed by atoms with E-state index in [4.69, 9.17) is 10.8 Å². The van der Waals surface area contributed by atoms with Crippen LogP contribution in [-0.2, 0) is 0 Å². The molecule has 1 heterocycles. The Morgan fingerprint density at radius 2 is 2.44 bits per heavy atom. The zero-order valence-corrected chi connectivity index (χ0v) is 5.58. The van der Waals surface area contributed by atoms with E-state index in [-0.39, 0.29) is 6.61 Å². The fourth-order valence-corrected chi connectivity index (χ4v) is 1.21. The molecule has 0 aliphatic carbocycles. The standard InChI is InChI=1S/C6H14N2O/c7-6-1-2-8(5-6)3-4-9/h6,9H,1-5,7H2. The second kappa shape index (κ2) is 3.15. The summed E-state index contributed by atoms with van der Waals surface area (Å²) in [4.78, 5) is 2.19. The van der Waals surface area contributed by atoms with E-state index in [1.807, 2.05) is 0 Å². The fraction of sp³-hybridized carbons (Fsp3) is 1.00. The van der Waals surface area contributed by atoms with Gasteiger partial charge in [0.15, 0.2) is 0 Å². The van der Waals surface area contributed by atoms with Crippen LogP contribution in [0.1, 0.15) is 6.42 Å². The van der Waals surface area contributed by atoms with Crippen molar-refractivity contribution in [3.63, 3.8) is 0 Å². The molecule has 1 unspecified atom stereocenters. The van der Waals surface area contributed by atoms with Gasteiger partial charge in [-0.25, -0.2) is 0 Å². The lowest BCUT2D eigenvalue weighted by atomic mass is 10.3. The number of hydrogen-bond donors (Lipinski definition) is 2. The largest absolute Gasteiger partial charge is 0.395 e. The molecule has 0 aromatic carbocycles. The number of aliphatic hydroxyl groups is 1. The smallest absolute Gasteiger partial charge is 0.0558 e. The molecular formula is C6H14N2O. The molecule has 1 atom stereocenters. The van der Waals surface area contributed by atoms with E-state index in [1.54, 1.807) is 0 Å². The molecule has 0 saturated carbocycles. The third kappa shape index (κ3) is 1.93. The lowest BCUT2D eigenvalue weighted by Crippen LogP contribution is -2.28. The van der Waals surface area contributed by atoms with Gasteiger partial charge in [-0.05, 0) is 13.0 Å². The molecule has 0 aromatic heterocycles. The van der Waals surface area contributed by atoms with Crippen LogP contribution < -0.4 is 5.73 Å². The van der Waals surface area contributed by atoms with Gasteiger partial charge in [-0.1, -0.05) is 0 Å². The first kappa shape index (κ1) is 6.99. The monoisotopic (exact) mass is 130 g/mol. The number of hydrogen-bond acceptors (Lipinski definition) is 3. The number of aliphatic hydroxyl groups excluding tert-OH is 1. The Morgan fingerprint density at radius 1 is 1.67 bits per heavy atom. The normalized spacial score (nSPS) is 29.3. The Labute approximate surface area is 55.5 Å². The topological polar surface area (TPSA) is 49.5 Å². The highest BCUT2D eigenvalue weighted by molar-refractivity contribution is 4.76. The summed E-state index contributed by atoms with van der Waals surface area (Å²) in [6, 6.07) is 0.344. The van der Waals surface area contributed by atoms with Gasteiger partial charge in [0.1, 0.15) is 0 Å². The minimum atomic E-state index is 0.257. The van der Waals surface area contributed by atoms with Crippen LogP contribution in [0.25, 0.3) is 0 Å². The quantitative estimate of drug-likeness (QED) is 0.504. The highest BCUT2D eigenvalue weighted by Gasteiger charge is 2.17. The van der Waals surface area contributed by atoms with Gasteiger partial charge in [-0.2, -0.15) is 0 Å². The number of rotatable bonds is 2. The van der Waals surface area contributed by atoms with Crippen molar-refractivity contribution in [2.24, 2.45) is 5.73 Å². The Morgan fingerprint density at radius 3 is 2.89 bits per heavy atom. The average molecular weight is 130 g/mol. The van der Waals surface area contributed by atoms with Crippen LogP contribution in [-0.4, -0.2) is 42.3 Å². The molecule has 1 fully saturated rings. The lowest BCUT2D eigenvalue weighted by molar-refractivity contribution is 0.220. The highest BCUT2D eigenvalue weighted by Crippen LogP contribution is 2.04. The predicted octanol–water partition coefficient (Wildman–Crippen LogP) is -0.988. The summed E-state index contributed by atoms with van der Waals surface area (Å²) in [5, 5.41) is 8.53. The molecule has 3 N–H and O–H groups in total. The molecule has 0 radical (unpaired) electrons. The number of β-amino-alcohol motifs (C(OH)–C–C–N with tert-alkyl or cyclic N) is 1. The van der Waals surface area contributed by atoms with Crippen LogP contribution in [0.2, 0.25) is 0 Å². The third-order valence-corrected chi connectivity index (χ3v) is 1.73. The first-order valence-corrected chi connectivity index (χ1v) is 3.41. The van der Waals surface area contributed by atoms with Gasteiger partial charge in [-0.15, -0.1) is 0 Å². The van der Waals surface area contributed by atoms with Gasteiger partial charge in [0.25, 0.3) is 0 Å². The molecule has 0 aromatic rings. The van der Waals surface area contributed by atoms with Crippen molar-refractivity contribution in [3.05, 3.63) is 0 Å². The van der Waals surface area contributed by atoms with Gasteiger partial charge in [0, 0.05) is 19.1 Å². The molecule has 3 heteroatoms. The molecule has 0 spiro atoms. The second-order valence-electron chi connectivity index (χ2n) is 2.57. The highest BCUT2D eigenvalue weighted by atomic mass is 16.3. The van der Waals surface area contributed by atoms with Crippen LogP contribution in [0.5, 0.6) is 0 Å². The predicted molar refractivity (Wildman–Crippen MR) is 36.1 cm³/mol. The molecule has 1 rings (SSSR count). The Hall–Kier alpha value is -0.120. The zero-order valence-electron chi connectivity index (χ0n) is 5.58. The van der Waals surface area contributed by atoms with Crippen molar-refractivity contribution >= 4 is 0 Å². The number of nitrogens with two attached hydrogens (primary N) is 1. The summed E-state index contributed by atoms with van der Waals surface area (Å²) < 4.78 is 0. The van der Waals surface area contributed by atoms with Crippen molar-refractivity contribution in [1.29, 1.82) is 0 Å². The third-order valence-electron chi connectivity index (χ3n) is 1.73. The fourth-order valence-electron chi connectivity index (χ4n) is 1.21. The Bertz CT molecular complexity index is 85.1. The molecule has 1 saturated heterocycles. The SMILES string of the molecule is NC1CCN(CCO)C1.